The number of rotatable bonds is 5. The molecule has 1 fully saturated rings. The van der Waals surface area contributed by atoms with E-state index >= 15 is 0 Å². The van der Waals surface area contributed by atoms with Crippen LogP contribution in [-0.2, 0) is 20.9 Å². The van der Waals surface area contributed by atoms with Crippen molar-refractivity contribution in [3.8, 4) is 5.69 Å². The Balaban J connectivity index is 1.65. The first-order valence-corrected chi connectivity index (χ1v) is 11.3. The number of nitrogens with one attached hydrogen (secondary N) is 1. The van der Waals surface area contributed by atoms with Crippen LogP contribution in [0, 0.1) is 0 Å². The third-order valence-electron chi connectivity index (χ3n) is 5.06. The Bertz CT molecular complexity index is 1250. The number of benzene rings is 2. The van der Waals surface area contributed by atoms with Crippen LogP contribution in [0.15, 0.2) is 66.1 Å². The summed E-state index contributed by atoms with van der Waals surface area (Å²) in [5, 5.41) is 2.47. The van der Waals surface area contributed by atoms with Crippen LogP contribution in [0.2, 0.25) is 0 Å². The van der Waals surface area contributed by atoms with Crippen LogP contribution in [0.1, 0.15) is 15.9 Å². The number of imidazole rings is 1. The lowest BCUT2D eigenvalue weighted by Gasteiger charge is -2.26. The fourth-order valence-corrected chi connectivity index (χ4v) is 4.82. The fraction of sp³-hybridized carbons (Fsp3) is 0.238. The lowest BCUT2D eigenvalue weighted by atomic mass is 10.1. The van der Waals surface area contributed by atoms with Gasteiger partial charge in [-0.1, -0.05) is 6.07 Å². The average molecular weight is 480 g/mol. The number of aromatic nitrogens is 2. The minimum Gasteiger partial charge on any atom is -0.379 e. The monoisotopic (exact) mass is 480 g/mol. The standard InChI is InChI=1S/C21H19F3N4O4S/c22-21(23,24)16-4-5-19(27-7-6-25-14-27)18(13-16)26-20(29)15-2-1-3-17(12-15)33(30,31)28-8-10-32-11-9-28/h1-7,12-14H,8-11H2,(H,26,29). The highest BCUT2D eigenvalue weighted by Gasteiger charge is 2.32. The molecule has 0 bridgehead atoms. The smallest absolute Gasteiger partial charge is 0.379 e. The van der Waals surface area contributed by atoms with Gasteiger partial charge in [0.25, 0.3) is 5.91 Å². The maximum atomic E-state index is 13.3. The van der Waals surface area contributed by atoms with Crippen molar-refractivity contribution in [2.45, 2.75) is 11.1 Å². The highest BCUT2D eigenvalue weighted by atomic mass is 32.2. The molecule has 12 heteroatoms. The van der Waals surface area contributed by atoms with E-state index in [1.807, 2.05) is 0 Å². The largest absolute Gasteiger partial charge is 0.416 e. The molecule has 1 aliphatic rings. The number of amides is 1. The molecule has 1 aliphatic heterocycles. The molecule has 8 nitrogen and oxygen atoms in total. The highest BCUT2D eigenvalue weighted by Crippen LogP contribution is 2.33. The molecule has 1 saturated heterocycles. The predicted octanol–water partition coefficient (Wildman–Crippen LogP) is 3.16. The molecule has 3 aromatic rings. The van der Waals surface area contributed by atoms with Crippen LogP contribution in [0.25, 0.3) is 5.69 Å². The van der Waals surface area contributed by atoms with Crippen molar-refractivity contribution >= 4 is 21.6 Å². The Morgan fingerprint density at radius 1 is 1.09 bits per heavy atom. The maximum absolute atomic E-state index is 13.3. The van der Waals surface area contributed by atoms with Crippen molar-refractivity contribution in [1.29, 1.82) is 0 Å². The summed E-state index contributed by atoms with van der Waals surface area (Å²) in [4.78, 5) is 16.7. The van der Waals surface area contributed by atoms with E-state index in [-0.39, 0.29) is 48.1 Å². The normalized spacial score (nSPS) is 15.4. The molecule has 1 amide bonds. The topological polar surface area (TPSA) is 93.5 Å². The van der Waals surface area contributed by atoms with Crippen molar-refractivity contribution < 1.29 is 31.1 Å². The van der Waals surface area contributed by atoms with Crippen LogP contribution < -0.4 is 5.32 Å². The van der Waals surface area contributed by atoms with Gasteiger partial charge in [-0.15, -0.1) is 0 Å². The number of halogens is 3. The Morgan fingerprint density at radius 3 is 2.52 bits per heavy atom. The Labute approximate surface area is 187 Å². The molecule has 1 N–H and O–H groups in total. The molecule has 174 valence electrons. The van der Waals surface area contributed by atoms with Gasteiger partial charge in [0, 0.05) is 31.0 Å². The summed E-state index contributed by atoms with van der Waals surface area (Å²) in [6.07, 6.45) is -0.260. The van der Waals surface area contributed by atoms with Crippen LogP contribution >= 0.6 is 0 Å². The molecule has 4 rings (SSSR count). The maximum Gasteiger partial charge on any atom is 0.416 e. The summed E-state index contributed by atoms with van der Waals surface area (Å²) in [6, 6.07) is 8.30. The van der Waals surface area contributed by atoms with Gasteiger partial charge in [0.2, 0.25) is 10.0 Å². The predicted molar refractivity (Wildman–Crippen MR) is 113 cm³/mol. The second-order valence-corrected chi connectivity index (χ2v) is 9.14. The van der Waals surface area contributed by atoms with Crippen molar-refractivity contribution in [2.75, 3.05) is 31.6 Å². The number of alkyl halides is 3. The first kappa shape index (κ1) is 23.0. The van der Waals surface area contributed by atoms with Crippen LogP contribution in [0.5, 0.6) is 0 Å². The first-order valence-electron chi connectivity index (χ1n) is 9.85. The molecule has 1 aromatic heterocycles. The van der Waals surface area contributed by atoms with Crippen LogP contribution in [-0.4, -0.2) is 54.5 Å². The van der Waals surface area contributed by atoms with E-state index < -0.39 is 27.7 Å². The van der Waals surface area contributed by atoms with Crippen molar-refractivity contribution in [2.24, 2.45) is 0 Å². The van der Waals surface area contributed by atoms with Gasteiger partial charge in [0.1, 0.15) is 0 Å². The fourth-order valence-electron chi connectivity index (χ4n) is 3.37. The number of ether oxygens (including phenoxy) is 1. The second kappa shape index (κ2) is 8.96. The summed E-state index contributed by atoms with van der Waals surface area (Å²) in [6.45, 7) is 0.923. The van der Waals surface area contributed by atoms with E-state index in [4.69, 9.17) is 4.74 Å². The second-order valence-electron chi connectivity index (χ2n) is 7.20. The summed E-state index contributed by atoms with van der Waals surface area (Å²) in [5.41, 5.74) is -0.788. The Kier molecular flexibility index (Phi) is 6.23. The number of carbonyl (C=O) groups is 1. The zero-order valence-electron chi connectivity index (χ0n) is 17.1. The lowest BCUT2D eigenvalue weighted by Crippen LogP contribution is -2.40. The van der Waals surface area contributed by atoms with Gasteiger partial charge >= 0.3 is 6.18 Å². The summed E-state index contributed by atoms with van der Waals surface area (Å²) in [7, 11) is -3.85. The van der Waals surface area contributed by atoms with E-state index in [1.165, 1.54) is 57.9 Å². The van der Waals surface area contributed by atoms with Crippen LogP contribution in [0.4, 0.5) is 18.9 Å². The van der Waals surface area contributed by atoms with Crippen LogP contribution in [0.3, 0.4) is 0 Å². The number of anilines is 1. The summed E-state index contributed by atoms with van der Waals surface area (Å²) in [5.74, 6) is -0.755. The molecule has 0 aliphatic carbocycles. The molecule has 0 radical (unpaired) electrons. The van der Waals surface area contributed by atoms with Gasteiger partial charge in [-0.05, 0) is 36.4 Å². The van der Waals surface area contributed by atoms with Crippen molar-refractivity contribution in [3.63, 3.8) is 0 Å². The number of carbonyl (C=O) groups excluding carboxylic acids is 1. The minimum absolute atomic E-state index is 0.0154. The van der Waals surface area contributed by atoms with E-state index in [0.717, 1.165) is 12.1 Å². The highest BCUT2D eigenvalue weighted by molar-refractivity contribution is 7.89. The van der Waals surface area contributed by atoms with E-state index in [9.17, 15) is 26.4 Å². The molecule has 0 atom stereocenters. The first-order chi connectivity index (χ1) is 15.7. The van der Waals surface area contributed by atoms with Crippen molar-refractivity contribution in [1.82, 2.24) is 13.9 Å². The van der Waals surface area contributed by atoms with Gasteiger partial charge in [-0.3, -0.25) is 4.79 Å². The zero-order chi connectivity index (χ0) is 23.6. The molecule has 2 aromatic carbocycles. The molecule has 0 unspecified atom stereocenters. The SMILES string of the molecule is O=C(Nc1cc(C(F)(F)F)ccc1-n1ccnc1)c1cccc(S(=O)(=O)N2CCOCC2)c1. The number of morpholine rings is 1. The Morgan fingerprint density at radius 2 is 1.85 bits per heavy atom. The van der Waals surface area contributed by atoms with Gasteiger partial charge in [-0.25, -0.2) is 13.4 Å². The van der Waals surface area contributed by atoms with E-state index in [2.05, 4.69) is 10.3 Å². The summed E-state index contributed by atoms with van der Waals surface area (Å²) < 4.78 is 73.4. The molecule has 2 heterocycles. The quantitative estimate of drug-likeness (QED) is 0.606. The van der Waals surface area contributed by atoms with Gasteiger partial charge < -0.3 is 14.6 Å². The minimum atomic E-state index is -4.61. The molecular weight excluding hydrogens is 461 g/mol. The zero-order valence-corrected chi connectivity index (χ0v) is 17.9. The molecule has 0 spiro atoms. The molecule has 33 heavy (non-hydrogen) atoms. The number of nitrogens with zero attached hydrogens (tertiary/aromatic N) is 3. The number of hydrogen-bond donors (Lipinski definition) is 1. The van der Waals surface area contributed by atoms with Gasteiger partial charge in [0.15, 0.2) is 0 Å². The Hall–Kier alpha value is -3.22. The van der Waals surface area contributed by atoms with Crippen molar-refractivity contribution in [3.05, 3.63) is 72.3 Å². The third kappa shape index (κ3) is 4.92. The third-order valence-corrected chi connectivity index (χ3v) is 6.95. The van der Waals surface area contributed by atoms with E-state index in [0.29, 0.717) is 0 Å². The number of hydrogen-bond acceptors (Lipinski definition) is 5. The average Bonchev–Trinajstić information content (AvgIpc) is 3.34. The molecular formula is C21H19F3N4O4S. The molecule has 0 saturated carbocycles. The van der Waals surface area contributed by atoms with Gasteiger partial charge in [-0.2, -0.15) is 17.5 Å². The van der Waals surface area contributed by atoms with Gasteiger partial charge in [0.05, 0.1) is 41.4 Å². The summed E-state index contributed by atoms with van der Waals surface area (Å²) >= 11 is 0. The lowest BCUT2D eigenvalue weighted by molar-refractivity contribution is -0.137. The van der Waals surface area contributed by atoms with E-state index in [1.54, 1.807) is 0 Å². The number of sulfonamides is 1.